The first kappa shape index (κ1) is 25.8. The van der Waals surface area contributed by atoms with Crippen molar-refractivity contribution in [2.45, 2.75) is 50.8 Å². The summed E-state index contributed by atoms with van der Waals surface area (Å²) in [4.78, 5) is 50.0. The highest BCUT2D eigenvalue weighted by Gasteiger charge is 2.43. The number of thioether (sulfide) groups is 1. The summed E-state index contributed by atoms with van der Waals surface area (Å²) in [7, 11) is 0. The lowest BCUT2D eigenvalue weighted by atomic mass is 10.1. The van der Waals surface area contributed by atoms with E-state index in [1.54, 1.807) is 18.2 Å². The lowest BCUT2D eigenvalue weighted by Crippen LogP contribution is -2.43. The molecule has 0 bridgehead atoms. The minimum atomic E-state index is -0.842. The number of carbonyl (C=O) groups is 3. The fourth-order valence-electron chi connectivity index (χ4n) is 4.31. The van der Waals surface area contributed by atoms with Gasteiger partial charge in [-0.05, 0) is 37.1 Å². The van der Waals surface area contributed by atoms with Crippen molar-refractivity contribution in [3.8, 4) is 11.5 Å². The van der Waals surface area contributed by atoms with E-state index in [0.717, 1.165) is 18.4 Å². The van der Waals surface area contributed by atoms with Crippen molar-refractivity contribution in [2.75, 3.05) is 18.7 Å². The molecule has 10 nitrogen and oxygen atoms in total. The number of carbonyl (C=O) groups excluding carboxylic acids is 3. The van der Waals surface area contributed by atoms with Gasteiger partial charge in [0.25, 0.3) is 5.91 Å². The van der Waals surface area contributed by atoms with E-state index in [4.69, 9.17) is 14.5 Å². The number of unbranched alkanes of at least 4 members (excludes halogenated alkanes) is 1. The summed E-state index contributed by atoms with van der Waals surface area (Å²) in [6.07, 6.45) is 2.30. The molecule has 0 radical (unpaired) electrons. The first-order valence-corrected chi connectivity index (χ1v) is 13.6. The van der Waals surface area contributed by atoms with E-state index in [9.17, 15) is 14.4 Å². The van der Waals surface area contributed by atoms with Gasteiger partial charge in [0.1, 0.15) is 11.9 Å². The van der Waals surface area contributed by atoms with Crippen LogP contribution in [-0.2, 0) is 14.4 Å². The van der Waals surface area contributed by atoms with Crippen molar-refractivity contribution in [3.63, 3.8) is 0 Å². The predicted octanol–water partition coefficient (Wildman–Crippen LogP) is 3.83. The van der Waals surface area contributed by atoms with Gasteiger partial charge in [-0.2, -0.15) is 0 Å². The van der Waals surface area contributed by atoms with Crippen molar-refractivity contribution in [1.82, 2.24) is 10.2 Å². The van der Waals surface area contributed by atoms with Crippen LogP contribution in [0.25, 0.3) is 0 Å². The van der Waals surface area contributed by atoms with E-state index in [1.165, 1.54) is 16.7 Å². The third-order valence-corrected chi connectivity index (χ3v) is 7.65. The van der Waals surface area contributed by atoms with Gasteiger partial charge in [-0.3, -0.25) is 19.4 Å². The molecular formula is C27H29N5O5S. The summed E-state index contributed by atoms with van der Waals surface area (Å²) in [6, 6.07) is 11.8. The first-order valence-electron chi connectivity index (χ1n) is 12.7. The highest BCUT2D eigenvalue weighted by Crippen LogP contribution is 2.37. The number of anilines is 1. The SMILES string of the molecule is CCCCNC(=O)C[C@H]1N=C2c3ccccc3N=C(S[C@@H](CC)C(=O)Nc3ccc4c(c3)OCO4)N2C1=O. The number of para-hydroxylation sites is 1. The number of hydrogen-bond donors (Lipinski definition) is 2. The van der Waals surface area contributed by atoms with Gasteiger partial charge >= 0.3 is 0 Å². The topological polar surface area (TPSA) is 122 Å². The fraction of sp³-hybridized carbons (Fsp3) is 0.370. The summed E-state index contributed by atoms with van der Waals surface area (Å²) >= 11 is 1.21. The number of benzene rings is 2. The van der Waals surface area contributed by atoms with E-state index >= 15 is 0 Å². The van der Waals surface area contributed by atoms with Gasteiger partial charge in [-0.1, -0.05) is 44.2 Å². The average Bonchev–Trinajstić information content (AvgIpc) is 3.51. The normalized spacial score (nSPS) is 17.8. The molecular weight excluding hydrogens is 506 g/mol. The number of ether oxygens (including phenoxy) is 2. The van der Waals surface area contributed by atoms with Gasteiger partial charge in [-0.25, -0.2) is 9.89 Å². The summed E-state index contributed by atoms with van der Waals surface area (Å²) in [5.74, 6) is 0.903. The molecule has 2 atom stereocenters. The maximum Gasteiger partial charge on any atom is 0.259 e. The van der Waals surface area contributed by atoms with Crippen LogP contribution in [0.4, 0.5) is 11.4 Å². The summed E-state index contributed by atoms with van der Waals surface area (Å²) in [5, 5.41) is 5.62. The molecule has 198 valence electrons. The van der Waals surface area contributed by atoms with E-state index in [1.807, 2.05) is 38.1 Å². The monoisotopic (exact) mass is 535 g/mol. The maximum absolute atomic E-state index is 13.5. The molecule has 2 aromatic carbocycles. The van der Waals surface area contributed by atoms with Crippen LogP contribution in [0.3, 0.4) is 0 Å². The lowest BCUT2D eigenvalue weighted by Gasteiger charge is -2.27. The third kappa shape index (κ3) is 5.24. The van der Waals surface area contributed by atoms with E-state index in [-0.39, 0.29) is 30.9 Å². The van der Waals surface area contributed by atoms with Crippen molar-refractivity contribution in [3.05, 3.63) is 48.0 Å². The van der Waals surface area contributed by atoms with Crippen LogP contribution in [0, 0.1) is 0 Å². The predicted molar refractivity (Wildman–Crippen MR) is 146 cm³/mol. The van der Waals surface area contributed by atoms with Gasteiger partial charge in [0.15, 0.2) is 16.7 Å². The number of amidine groups is 2. The molecule has 0 saturated heterocycles. The maximum atomic E-state index is 13.5. The largest absolute Gasteiger partial charge is 0.454 e. The van der Waals surface area contributed by atoms with Crippen molar-refractivity contribution in [2.24, 2.45) is 9.98 Å². The minimum Gasteiger partial charge on any atom is -0.454 e. The Balaban J connectivity index is 1.34. The van der Waals surface area contributed by atoms with E-state index < -0.39 is 11.3 Å². The zero-order chi connectivity index (χ0) is 26.6. The Bertz CT molecular complexity index is 1330. The molecule has 3 amide bonds. The number of amides is 3. The molecule has 0 unspecified atom stereocenters. The van der Waals surface area contributed by atoms with Crippen LogP contribution < -0.4 is 20.1 Å². The molecule has 0 fully saturated rings. The van der Waals surface area contributed by atoms with Crippen molar-refractivity contribution >= 4 is 51.9 Å². The second-order valence-corrected chi connectivity index (χ2v) is 10.2. The third-order valence-electron chi connectivity index (χ3n) is 6.33. The van der Waals surface area contributed by atoms with Gasteiger partial charge < -0.3 is 20.1 Å². The van der Waals surface area contributed by atoms with Gasteiger partial charge in [0, 0.05) is 23.9 Å². The van der Waals surface area contributed by atoms with Crippen molar-refractivity contribution in [1.29, 1.82) is 0 Å². The second-order valence-electron chi connectivity index (χ2n) is 9.03. The molecule has 0 aliphatic carbocycles. The number of nitrogens with zero attached hydrogens (tertiary/aromatic N) is 3. The van der Waals surface area contributed by atoms with Gasteiger partial charge in [0.05, 0.1) is 17.4 Å². The quantitative estimate of drug-likeness (QED) is 0.471. The summed E-state index contributed by atoms with van der Waals surface area (Å²) in [5.41, 5.74) is 1.97. The number of nitrogens with one attached hydrogen (secondary N) is 2. The molecule has 5 rings (SSSR count). The molecule has 0 spiro atoms. The number of hydrogen-bond acceptors (Lipinski definition) is 8. The summed E-state index contributed by atoms with van der Waals surface area (Å²) < 4.78 is 10.7. The molecule has 2 aromatic rings. The Morgan fingerprint density at radius 1 is 1.16 bits per heavy atom. The number of aliphatic imine (C=N–C) groups is 2. The molecule has 3 aliphatic heterocycles. The second kappa shape index (κ2) is 11.3. The molecule has 0 saturated carbocycles. The Hall–Kier alpha value is -3.86. The van der Waals surface area contributed by atoms with Crippen LogP contribution in [-0.4, -0.2) is 58.3 Å². The van der Waals surface area contributed by atoms with Crippen LogP contribution in [0.1, 0.15) is 45.1 Å². The van der Waals surface area contributed by atoms with Crippen LogP contribution in [0.2, 0.25) is 0 Å². The van der Waals surface area contributed by atoms with Crippen LogP contribution >= 0.6 is 11.8 Å². The smallest absolute Gasteiger partial charge is 0.259 e. The van der Waals surface area contributed by atoms with Crippen molar-refractivity contribution < 1.29 is 23.9 Å². The first-order chi connectivity index (χ1) is 18.5. The minimum absolute atomic E-state index is 0.0372. The highest BCUT2D eigenvalue weighted by atomic mass is 32.2. The molecule has 38 heavy (non-hydrogen) atoms. The number of rotatable bonds is 9. The molecule has 0 aromatic heterocycles. The Morgan fingerprint density at radius 2 is 1.97 bits per heavy atom. The highest BCUT2D eigenvalue weighted by molar-refractivity contribution is 8.15. The zero-order valence-electron chi connectivity index (χ0n) is 21.2. The lowest BCUT2D eigenvalue weighted by molar-refractivity contribution is -0.128. The van der Waals surface area contributed by atoms with Gasteiger partial charge in [-0.15, -0.1) is 0 Å². The van der Waals surface area contributed by atoms with E-state index in [0.29, 0.717) is 46.8 Å². The van der Waals surface area contributed by atoms with Gasteiger partial charge in [0.2, 0.25) is 18.6 Å². The fourth-order valence-corrected chi connectivity index (χ4v) is 5.33. The average molecular weight is 536 g/mol. The molecule has 3 heterocycles. The number of fused-ring (bicyclic) bond motifs is 4. The van der Waals surface area contributed by atoms with Crippen LogP contribution in [0.5, 0.6) is 11.5 Å². The Morgan fingerprint density at radius 3 is 2.79 bits per heavy atom. The van der Waals surface area contributed by atoms with Crippen LogP contribution in [0.15, 0.2) is 52.4 Å². The molecule has 2 N–H and O–H groups in total. The molecule has 11 heteroatoms. The van der Waals surface area contributed by atoms with E-state index in [2.05, 4.69) is 15.6 Å². The molecule has 3 aliphatic rings. The Kier molecular flexibility index (Phi) is 7.64. The zero-order valence-corrected chi connectivity index (χ0v) is 22.0. The summed E-state index contributed by atoms with van der Waals surface area (Å²) in [6.45, 7) is 4.67. The Labute approximate surface area is 224 Å². The standard InChI is InChI=1S/C27H29N5O5S/c1-3-5-12-28-23(33)14-19-26(35)32-24(30-19)17-8-6-7-9-18(17)31-27(32)38-22(4-2)25(34)29-16-10-11-20-21(13-16)37-15-36-20/h6-11,13,19,22H,3-5,12,14-15H2,1-2H3,(H,28,33)(H,29,34)/t19-,22+/m1/s1.